The molecule has 0 radical (unpaired) electrons. The van der Waals surface area contributed by atoms with Gasteiger partial charge in [0.25, 0.3) is 0 Å². The summed E-state index contributed by atoms with van der Waals surface area (Å²) in [5.41, 5.74) is 0. The van der Waals surface area contributed by atoms with Crippen LogP contribution < -0.4 is 0 Å². The Labute approximate surface area is 122 Å². The molecule has 22 heavy (non-hydrogen) atoms. The van der Waals surface area contributed by atoms with E-state index in [0.29, 0.717) is 0 Å². The molecular weight excluding hydrogens is 328 g/mol. The van der Waals surface area contributed by atoms with Crippen molar-refractivity contribution in [3.05, 3.63) is 0 Å². The molecule has 0 aliphatic heterocycles. The van der Waals surface area contributed by atoms with Gasteiger partial charge < -0.3 is 10.2 Å². The van der Waals surface area contributed by atoms with Crippen molar-refractivity contribution in [2.45, 2.75) is 62.2 Å². The third-order valence-corrected chi connectivity index (χ3v) is 3.11. The molecule has 0 heterocycles. The molecule has 0 saturated heterocycles. The molecule has 0 unspecified atom stereocenters. The Morgan fingerprint density at radius 1 is 0.500 bits per heavy atom. The number of hydrogen-bond acceptors (Lipinski definition) is 2. The predicted molar refractivity (Wildman–Crippen MR) is 61.7 cm³/mol. The zero-order chi connectivity index (χ0) is 17.7. The van der Waals surface area contributed by atoms with E-state index in [9.17, 15) is 35.1 Å². The van der Waals surface area contributed by atoms with Gasteiger partial charge in [-0.2, -0.15) is 35.1 Å². The maximum atomic E-state index is 13.3. The van der Waals surface area contributed by atoms with Gasteiger partial charge in [-0.1, -0.05) is 0 Å². The second-order valence-electron chi connectivity index (χ2n) is 4.92. The molecule has 0 atom stereocenters. The molecule has 0 rings (SSSR count). The Morgan fingerprint density at radius 2 is 0.773 bits per heavy atom. The lowest BCUT2D eigenvalue weighted by molar-refractivity contribution is -0.368. The third-order valence-electron chi connectivity index (χ3n) is 3.11. The third kappa shape index (κ3) is 4.43. The van der Waals surface area contributed by atoms with Crippen molar-refractivity contribution < 1.29 is 45.3 Å². The molecule has 134 valence electrons. The normalized spacial score (nSPS) is 14.5. The highest BCUT2D eigenvalue weighted by molar-refractivity contribution is 5.03. The number of aliphatic hydroxyl groups excluding tert-OH is 2. The molecule has 0 amide bonds. The van der Waals surface area contributed by atoms with Crippen LogP contribution in [0, 0.1) is 0 Å². The fourth-order valence-corrected chi connectivity index (χ4v) is 1.69. The summed E-state index contributed by atoms with van der Waals surface area (Å²) in [7, 11) is 0. The number of halogens is 8. The fourth-order valence-electron chi connectivity index (χ4n) is 1.69. The molecule has 0 spiro atoms. The summed E-state index contributed by atoms with van der Waals surface area (Å²) >= 11 is 0. The van der Waals surface area contributed by atoms with E-state index in [1.807, 2.05) is 0 Å². The maximum Gasteiger partial charge on any atom is 0.378 e. The quantitative estimate of drug-likeness (QED) is 0.441. The first kappa shape index (κ1) is 21.4. The van der Waals surface area contributed by atoms with Gasteiger partial charge in [-0.15, -0.1) is 0 Å². The van der Waals surface area contributed by atoms with Gasteiger partial charge >= 0.3 is 23.7 Å². The van der Waals surface area contributed by atoms with Gasteiger partial charge in [0.05, 0.1) is 0 Å². The van der Waals surface area contributed by atoms with Crippen molar-refractivity contribution >= 4 is 0 Å². The molecule has 0 fully saturated rings. The lowest BCUT2D eigenvalue weighted by Crippen LogP contribution is -2.62. The summed E-state index contributed by atoms with van der Waals surface area (Å²) in [4.78, 5) is 0. The summed E-state index contributed by atoms with van der Waals surface area (Å²) < 4.78 is 106. The first-order valence-electron chi connectivity index (χ1n) is 6.60. The maximum absolute atomic E-state index is 13.3. The first-order chi connectivity index (χ1) is 9.87. The zero-order valence-electron chi connectivity index (χ0n) is 11.6. The van der Waals surface area contributed by atoms with Gasteiger partial charge in [0.15, 0.2) is 0 Å². The van der Waals surface area contributed by atoms with E-state index in [1.54, 1.807) is 0 Å². The van der Waals surface area contributed by atoms with Crippen molar-refractivity contribution in [2.75, 3.05) is 13.2 Å². The Hall–Kier alpha value is -0.640. The van der Waals surface area contributed by atoms with Crippen LogP contribution in [0.1, 0.15) is 38.5 Å². The van der Waals surface area contributed by atoms with Crippen molar-refractivity contribution in [1.29, 1.82) is 0 Å². The van der Waals surface area contributed by atoms with Gasteiger partial charge in [-0.25, -0.2) is 0 Å². The van der Waals surface area contributed by atoms with E-state index in [0.717, 1.165) is 0 Å². The van der Waals surface area contributed by atoms with Crippen LogP contribution in [-0.2, 0) is 0 Å². The van der Waals surface area contributed by atoms with Crippen molar-refractivity contribution in [2.24, 2.45) is 0 Å². The average molecular weight is 346 g/mol. The van der Waals surface area contributed by atoms with Crippen LogP contribution in [0.5, 0.6) is 0 Å². The van der Waals surface area contributed by atoms with E-state index >= 15 is 0 Å². The molecular formula is C12H18F8O2. The van der Waals surface area contributed by atoms with Crippen molar-refractivity contribution in [3.8, 4) is 0 Å². The van der Waals surface area contributed by atoms with Gasteiger partial charge in [0.1, 0.15) is 0 Å². The largest absolute Gasteiger partial charge is 0.396 e. The monoisotopic (exact) mass is 346 g/mol. The van der Waals surface area contributed by atoms with Crippen LogP contribution in [0.2, 0.25) is 0 Å². The molecule has 0 bridgehead atoms. The van der Waals surface area contributed by atoms with Gasteiger partial charge in [-0.3, -0.25) is 0 Å². The minimum absolute atomic E-state index is 0.343. The van der Waals surface area contributed by atoms with Gasteiger partial charge in [0.2, 0.25) is 0 Å². The highest BCUT2D eigenvalue weighted by atomic mass is 19.4. The molecule has 0 saturated carbocycles. The molecule has 2 nitrogen and oxygen atoms in total. The number of aliphatic hydroxyl groups is 2. The number of rotatable bonds is 11. The smallest absolute Gasteiger partial charge is 0.378 e. The SMILES string of the molecule is OCCCCC(F)(F)C(F)(F)C(F)(F)C(F)(F)CCCCO. The minimum Gasteiger partial charge on any atom is -0.396 e. The van der Waals surface area contributed by atoms with E-state index < -0.39 is 62.6 Å². The van der Waals surface area contributed by atoms with Crippen LogP contribution in [0.15, 0.2) is 0 Å². The van der Waals surface area contributed by atoms with Crippen LogP contribution in [-0.4, -0.2) is 47.1 Å². The van der Waals surface area contributed by atoms with Crippen LogP contribution in [0.4, 0.5) is 35.1 Å². The van der Waals surface area contributed by atoms with Crippen molar-refractivity contribution in [3.63, 3.8) is 0 Å². The highest BCUT2D eigenvalue weighted by Gasteiger charge is 2.79. The molecule has 0 aromatic rings. The average Bonchev–Trinajstić information content (AvgIpc) is 2.38. The van der Waals surface area contributed by atoms with E-state index in [-0.39, 0.29) is 12.8 Å². The lowest BCUT2D eigenvalue weighted by Gasteiger charge is -2.37. The fraction of sp³-hybridized carbons (Fsp3) is 1.00. The second-order valence-corrected chi connectivity index (χ2v) is 4.92. The summed E-state index contributed by atoms with van der Waals surface area (Å²) in [6.45, 7) is -1.23. The van der Waals surface area contributed by atoms with E-state index in [4.69, 9.17) is 10.2 Å². The van der Waals surface area contributed by atoms with Crippen LogP contribution in [0.3, 0.4) is 0 Å². The Balaban J connectivity index is 5.18. The second kappa shape index (κ2) is 7.76. The van der Waals surface area contributed by atoms with E-state index in [2.05, 4.69) is 0 Å². The lowest BCUT2D eigenvalue weighted by atomic mass is 9.92. The summed E-state index contributed by atoms with van der Waals surface area (Å²) in [6, 6.07) is 0. The predicted octanol–water partition coefficient (Wildman–Crippen LogP) is 3.85. The molecule has 0 aromatic carbocycles. The molecule has 2 N–H and O–H groups in total. The number of unbranched alkanes of at least 4 members (excludes halogenated alkanes) is 2. The number of alkyl halides is 8. The molecule has 0 aromatic heterocycles. The molecule has 0 aliphatic carbocycles. The zero-order valence-corrected chi connectivity index (χ0v) is 11.6. The Kier molecular flexibility index (Phi) is 7.53. The number of hydrogen-bond donors (Lipinski definition) is 2. The molecule has 10 heteroatoms. The van der Waals surface area contributed by atoms with Gasteiger partial charge in [0, 0.05) is 26.1 Å². The Bertz CT molecular complexity index is 301. The Morgan fingerprint density at radius 3 is 1.00 bits per heavy atom. The minimum atomic E-state index is -6.24. The topological polar surface area (TPSA) is 40.5 Å². The highest BCUT2D eigenvalue weighted by Crippen LogP contribution is 2.55. The summed E-state index contributed by atoms with van der Waals surface area (Å²) in [6.07, 6.45) is -5.61. The van der Waals surface area contributed by atoms with Crippen LogP contribution >= 0.6 is 0 Å². The first-order valence-corrected chi connectivity index (χ1v) is 6.60. The standard InChI is InChI=1S/C12H18F8O2/c13-9(14,5-1-3-7-21)11(17,18)12(19,20)10(15,16)6-2-4-8-22/h21-22H,1-8H2. The molecule has 0 aliphatic rings. The summed E-state index contributed by atoms with van der Waals surface area (Å²) in [5, 5.41) is 16.7. The van der Waals surface area contributed by atoms with Gasteiger partial charge in [-0.05, 0) is 25.7 Å². The van der Waals surface area contributed by atoms with Crippen LogP contribution in [0.25, 0.3) is 0 Å². The van der Waals surface area contributed by atoms with Crippen molar-refractivity contribution in [1.82, 2.24) is 0 Å². The summed E-state index contributed by atoms with van der Waals surface area (Å²) in [5.74, 6) is -23.2. The van der Waals surface area contributed by atoms with E-state index in [1.165, 1.54) is 0 Å².